The minimum absolute atomic E-state index is 0.351. The Labute approximate surface area is 151 Å². The zero-order valence-electron chi connectivity index (χ0n) is 14.6. The number of methoxy groups -OCH3 is 1. The number of rotatable bonds is 5. The molecular formula is C20H18N4O2. The van der Waals surface area contributed by atoms with Crippen molar-refractivity contribution in [2.45, 2.75) is 13.5 Å². The molecular weight excluding hydrogens is 328 g/mol. The molecule has 0 bridgehead atoms. The summed E-state index contributed by atoms with van der Waals surface area (Å²) >= 11 is 0. The molecule has 0 atom stereocenters. The molecule has 0 amide bonds. The normalized spacial score (nSPS) is 11.0. The molecule has 6 nitrogen and oxygen atoms in total. The summed E-state index contributed by atoms with van der Waals surface area (Å²) in [5.41, 5.74) is 2.87. The van der Waals surface area contributed by atoms with E-state index in [4.69, 9.17) is 9.47 Å². The average molecular weight is 346 g/mol. The summed E-state index contributed by atoms with van der Waals surface area (Å²) in [6, 6.07) is 17.7. The van der Waals surface area contributed by atoms with Crippen molar-refractivity contribution in [1.82, 2.24) is 19.7 Å². The number of hydrogen-bond acceptors (Lipinski definition) is 5. The first-order valence-corrected chi connectivity index (χ1v) is 8.27. The van der Waals surface area contributed by atoms with Gasteiger partial charge in [0, 0.05) is 24.3 Å². The van der Waals surface area contributed by atoms with E-state index in [1.165, 1.54) is 0 Å². The van der Waals surface area contributed by atoms with Crippen LogP contribution in [0.25, 0.3) is 16.6 Å². The molecule has 2 aromatic heterocycles. The van der Waals surface area contributed by atoms with Gasteiger partial charge >= 0.3 is 0 Å². The maximum Gasteiger partial charge on any atom is 0.222 e. The number of aromatic nitrogens is 4. The van der Waals surface area contributed by atoms with Gasteiger partial charge in [0.2, 0.25) is 5.88 Å². The summed E-state index contributed by atoms with van der Waals surface area (Å²) in [5, 5.41) is 5.57. The van der Waals surface area contributed by atoms with Crippen molar-refractivity contribution < 1.29 is 9.47 Å². The van der Waals surface area contributed by atoms with E-state index in [9.17, 15) is 0 Å². The first-order chi connectivity index (χ1) is 12.7. The van der Waals surface area contributed by atoms with E-state index in [-0.39, 0.29) is 0 Å². The lowest BCUT2D eigenvalue weighted by atomic mass is 10.2. The molecule has 0 aliphatic carbocycles. The molecule has 130 valence electrons. The van der Waals surface area contributed by atoms with Gasteiger partial charge in [-0.2, -0.15) is 10.1 Å². The van der Waals surface area contributed by atoms with Crippen molar-refractivity contribution in [2.75, 3.05) is 7.11 Å². The van der Waals surface area contributed by atoms with Crippen molar-refractivity contribution in [1.29, 1.82) is 0 Å². The second kappa shape index (κ2) is 6.93. The molecule has 0 saturated carbocycles. The van der Waals surface area contributed by atoms with E-state index < -0.39 is 0 Å². The Morgan fingerprint density at radius 2 is 1.81 bits per heavy atom. The zero-order valence-corrected chi connectivity index (χ0v) is 14.6. The van der Waals surface area contributed by atoms with Crippen LogP contribution in [-0.4, -0.2) is 26.9 Å². The number of hydrogen-bond donors (Lipinski definition) is 0. The SMILES string of the molecule is COCc1nc(C)cc(Oc2ccc(-n3ncc4ccccc43)cc2)n1. The van der Waals surface area contributed by atoms with Gasteiger partial charge in [-0.1, -0.05) is 18.2 Å². The highest BCUT2D eigenvalue weighted by molar-refractivity contribution is 5.80. The van der Waals surface area contributed by atoms with Gasteiger partial charge < -0.3 is 9.47 Å². The largest absolute Gasteiger partial charge is 0.439 e. The number of nitrogens with zero attached hydrogens (tertiary/aromatic N) is 4. The van der Waals surface area contributed by atoms with Crippen molar-refractivity contribution in [3.8, 4) is 17.3 Å². The lowest BCUT2D eigenvalue weighted by Crippen LogP contribution is -2.01. The molecule has 4 rings (SSSR count). The highest BCUT2D eigenvalue weighted by atomic mass is 16.5. The van der Waals surface area contributed by atoms with Crippen LogP contribution in [0.2, 0.25) is 0 Å². The van der Waals surface area contributed by atoms with E-state index >= 15 is 0 Å². The van der Waals surface area contributed by atoms with Crippen LogP contribution in [0, 0.1) is 6.92 Å². The Kier molecular flexibility index (Phi) is 4.33. The van der Waals surface area contributed by atoms with Crippen LogP contribution in [0.3, 0.4) is 0 Å². The molecule has 0 N–H and O–H groups in total. The van der Waals surface area contributed by atoms with Gasteiger partial charge in [0.15, 0.2) is 5.82 Å². The second-order valence-corrected chi connectivity index (χ2v) is 5.91. The van der Waals surface area contributed by atoms with Crippen LogP contribution in [0.15, 0.2) is 60.8 Å². The molecule has 0 aliphatic heterocycles. The third kappa shape index (κ3) is 3.27. The van der Waals surface area contributed by atoms with E-state index in [2.05, 4.69) is 15.1 Å². The Morgan fingerprint density at radius 3 is 2.62 bits per heavy atom. The van der Waals surface area contributed by atoms with Crippen molar-refractivity contribution in [3.05, 3.63) is 72.3 Å². The quantitative estimate of drug-likeness (QED) is 0.545. The van der Waals surface area contributed by atoms with E-state index in [1.54, 1.807) is 13.2 Å². The van der Waals surface area contributed by atoms with Crippen LogP contribution < -0.4 is 4.74 Å². The fraction of sp³-hybridized carbons (Fsp3) is 0.150. The molecule has 0 unspecified atom stereocenters. The lowest BCUT2D eigenvalue weighted by Gasteiger charge is -2.09. The van der Waals surface area contributed by atoms with Crippen molar-refractivity contribution in [3.63, 3.8) is 0 Å². The van der Waals surface area contributed by atoms with Crippen molar-refractivity contribution in [2.24, 2.45) is 0 Å². The van der Waals surface area contributed by atoms with Crippen LogP contribution in [-0.2, 0) is 11.3 Å². The van der Waals surface area contributed by atoms with Gasteiger partial charge in [-0.3, -0.25) is 0 Å². The second-order valence-electron chi connectivity index (χ2n) is 5.91. The van der Waals surface area contributed by atoms with Crippen LogP contribution in [0.5, 0.6) is 11.6 Å². The summed E-state index contributed by atoms with van der Waals surface area (Å²) in [4.78, 5) is 8.67. The van der Waals surface area contributed by atoms with Gasteiger partial charge in [0.25, 0.3) is 0 Å². The van der Waals surface area contributed by atoms with Gasteiger partial charge in [0.1, 0.15) is 12.4 Å². The Morgan fingerprint density at radius 1 is 1.00 bits per heavy atom. The smallest absolute Gasteiger partial charge is 0.222 e. The minimum Gasteiger partial charge on any atom is -0.439 e. The average Bonchev–Trinajstić information content (AvgIpc) is 3.06. The number of benzene rings is 2. The Hall–Kier alpha value is -3.25. The lowest BCUT2D eigenvalue weighted by molar-refractivity contribution is 0.177. The summed E-state index contributed by atoms with van der Waals surface area (Å²) in [6.07, 6.45) is 1.86. The van der Waals surface area contributed by atoms with Crippen molar-refractivity contribution >= 4 is 10.9 Å². The maximum absolute atomic E-state index is 5.87. The molecule has 4 aromatic rings. The van der Waals surface area contributed by atoms with Gasteiger partial charge in [-0.05, 0) is 37.3 Å². The van der Waals surface area contributed by atoms with Gasteiger partial charge in [-0.25, -0.2) is 9.67 Å². The maximum atomic E-state index is 5.87. The molecule has 0 fully saturated rings. The minimum atomic E-state index is 0.351. The van der Waals surface area contributed by atoms with Gasteiger partial charge in [0.05, 0.1) is 17.4 Å². The Bertz CT molecular complexity index is 1040. The third-order valence-corrected chi connectivity index (χ3v) is 3.93. The highest BCUT2D eigenvalue weighted by Crippen LogP contribution is 2.23. The number of aryl methyl sites for hydroxylation is 1. The molecule has 0 radical (unpaired) electrons. The van der Waals surface area contributed by atoms with Gasteiger partial charge in [-0.15, -0.1) is 0 Å². The summed E-state index contributed by atoms with van der Waals surface area (Å²) in [7, 11) is 1.62. The first kappa shape index (κ1) is 16.2. The molecule has 0 aliphatic rings. The number of ether oxygens (including phenoxy) is 2. The highest BCUT2D eigenvalue weighted by Gasteiger charge is 2.07. The van der Waals surface area contributed by atoms with Crippen LogP contribution in [0.4, 0.5) is 0 Å². The van der Waals surface area contributed by atoms with Crippen LogP contribution in [0.1, 0.15) is 11.5 Å². The molecule has 2 heterocycles. The predicted molar refractivity (Wildman–Crippen MR) is 98.6 cm³/mol. The predicted octanol–water partition coefficient (Wildman–Crippen LogP) is 4.06. The zero-order chi connectivity index (χ0) is 17.9. The molecule has 26 heavy (non-hydrogen) atoms. The summed E-state index contributed by atoms with van der Waals surface area (Å²) < 4.78 is 12.9. The monoisotopic (exact) mass is 346 g/mol. The van der Waals surface area contributed by atoms with E-state index in [1.807, 2.05) is 66.3 Å². The first-order valence-electron chi connectivity index (χ1n) is 8.27. The molecule has 6 heteroatoms. The van der Waals surface area contributed by atoms with E-state index in [0.717, 1.165) is 22.3 Å². The number of fused-ring (bicyclic) bond motifs is 1. The topological polar surface area (TPSA) is 62.1 Å². The van der Waals surface area contributed by atoms with Crippen LogP contribution >= 0.6 is 0 Å². The summed E-state index contributed by atoms with van der Waals surface area (Å²) in [5.74, 6) is 1.80. The third-order valence-electron chi connectivity index (χ3n) is 3.93. The summed E-state index contributed by atoms with van der Waals surface area (Å²) in [6.45, 7) is 2.25. The molecule has 0 spiro atoms. The Balaban J connectivity index is 1.59. The number of para-hydroxylation sites is 1. The molecule has 0 saturated heterocycles. The fourth-order valence-electron chi connectivity index (χ4n) is 2.80. The fourth-order valence-corrected chi connectivity index (χ4v) is 2.80. The molecule has 2 aromatic carbocycles. The standard InChI is InChI=1S/C20H18N4O2/c1-14-11-20(23-19(22-14)13-25-2)26-17-9-7-16(8-10-17)24-18-6-4-3-5-15(18)12-21-24/h3-12H,13H2,1-2H3. The van der Waals surface area contributed by atoms with E-state index in [0.29, 0.717) is 24.1 Å².